The number of amides is 2. The van der Waals surface area contributed by atoms with Crippen molar-refractivity contribution in [2.75, 3.05) is 23.0 Å². The Hall–Kier alpha value is -3.86. The van der Waals surface area contributed by atoms with Gasteiger partial charge in [0.1, 0.15) is 11.4 Å². The van der Waals surface area contributed by atoms with Crippen molar-refractivity contribution in [1.82, 2.24) is 0 Å². The average Bonchev–Trinajstić information content (AvgIpc) is 3.05. The SMILES string of the molecule is CCOc1ccc(C2=C(N(CC)c3ccccc3)C(=O)N(c3cc(C)cc(C)c3)C2=O)cc1. The number of nitrogens with zero attached hydrogens (tertiary/aromatic N) is 2. The standard InChI is InChI=1S/C28H28N2O3/c1-5-29(22-10-8-7-9-11-22)26-25(21-12-14-24(15-13-21)33-6-2)27(31)30(28(26)32)23-17-19(3)16-20(4)18-23/h7-18H,5-6H2,1-4H3. The minimum Gasteiger partial charge on any atom is -0.494 e. The van der Waals surface area contributed by atoms with E-state index in [0.717, 1.165) is 22.6 Å². The number of benzene rings is 3. The number of hydrogen-bond donors (Lipinski definition) is 0. The number of rotatable bonds is 7. The molecule has 0 atom stereocenters. The average molecular weight is 441 g/mol. The first-order valence-corrected chi connectivity index (χ1v) is 11.2. The Kier molecular flexibility index (Phi) is 6.31. The maximum absolute atomic E-state index is 13.8. The highest BCUT2D eigenvalue weighted by atomic mass is 16.5. The highest BCUT2D eigenvalue weighted by Gasteiger charge is 2.42. The van der Waals surface area contributed by atoms with Gasteiger partial charge in [0, 0.05) is 12.2 Å². The van der Waals surface area contributed by atoms with Crippen LogP contribution in [0.3, 0.4) is 0 Å². The molecule has 168 valence electrons. The van der Waals surface area contributed by atoms with E-state index in [0.29, 0.717) is 35.7 Å². The number of para-hydroxylation sites is 1. The van der Waals surface area contributed by atoms with Crippen LogP contribution in [0.4, 0.5) is 11.4 Å². The van der Waals surface area contributed by atoms with E-state index in [4.69, 9.17) is 4.74 Å². The van der Waals surface area contributed by atoms with E-state index in [1.807, 2.05) is 105 Å². The van der Waals surface area contributed by atoms with Crippen LogP contribution in [-0.2, 0) is 9.59 Å². The van der Waals surface area contributed by atoms with Crippen molar-refractivity contribution in [2.24, 2.45) is 0 Å². The van der Waals surface area contributed by atoms with Crippen molar-refractivity contribution < 1.29 is 14.3 Å². The number of aryl methyl sites for hydroxylation is 2. The lowest BCUT2D eigenvalue weighted by Crippen LogP contribution is -2.35. The molecule has 0 saturated carbocycles. The summed E-state index contributed by atoms with van der Waals surface area (Å²) in [5.74, 6) is 0.0832. The lowest BCUT2D eigenvalue weighted by molar-refractivity contribution is -0.120. The molecule has 4 rings (SSSR count). The molecule has 0 spiro atoms. The third-order valence-corrected chi connectivity index (χ3v) is 5.63. The van der Waals surface area contributed by atoms with Crippen molar-refractivity contribution in [3.05, 3.63) is 95.2 Å². The van der Waals surface area contributed by atoms with Gasteiger partial charge in [-0.2, -0.15) is 0 Å². The Morgan fingerprint density at radius 2 is 1.45 bits per heavy atom. The summed E-state index contributed by atoms with van der Waals surface area (Å²) in [7, 11) is 0. The van der Waals surface area contributed by atoms with E-state index in [2.05, 4.69) is 0 Å². The zero-order valence-electron chi connectivity index (χ0n) is 19.5. The van der Waals surface area contributed by atoms with Gasteiger partial charge in [-0.05, 0) is 80.8 Å². The summed E-state index contributed by atoms with van der Waals surface area (Å²) in [6.07, 6.45) is 0. The van der Waals surface area contributed by atoms with Crippen LogP contribution < -0.4 is 14.5 Å². The van der Waals surface area contributed by atoms with Gasteiger partial charge in [-0.3, -0.25) is 9.59 Å². The zero-order valence-corrected chi connectivity index (χ0v) is 19.5. The van der Waals surface area contributed by atoms with E-state index in [1.54, 1.807) is 0 Å². The highest BCUT2D eigenvalue weighted by molar-refractivity contribution is 6.46. The molecule has 0 aromatic heterocycles. The lowest BCUT2D eigenvalue weighted by atomic mass is 10.0. The molecule has 0 aliphatic carbocycles. The van der Waals surface area contributed by atoms with Crippen LogP contribution in [0.25, 0.3) is 5.57 Å². The van der Waals surface area contributed by atoms with Crippen LogP contribution in [-0.4, -0.2) is 25.0 Å². The molecule has 0 saturated heterocycles. The molecule has 1 heterocycles. The van der Waals surface area contributed by atoms with Gasteiger partial charge in [-0.15, -0.1) is 0 Å². The van der Waals surface area contributed by atoms with Gasteiger partial charge in [0.15, 0.2) is 0 Å². The van der Waals surface area contributed by atoms with Crippen LogP contribution in [0.1, 0.15) is 30.5 Å². The maximum Gasteiger partial charge on any atom is 0.282 e. The maximum atomic E-state index is 13.8. The Bertz CT molecular complexity index is 1190. The molecule has 1 aliphatic rings. The van der Waals surface area contributed by atoms with Gasteiger partial charge in [0.2, 0.25) is 0 Å². The summed E-state index contributed by atoms with van der Waals surface area (Å²) in [5.41, 5.74) is 4.92. The molecule has 33 heavy (non-hydrogen) atoms. The third kappa shape index (κ3) is 4.27. The predicted octanol–water partition coefficient (Wildman–Crippen LogP) is 5.51. The minimum atomic E-state index is -0.321. The van der Waals surface area contributed by atoms with Gasteiger partial charge < -0.3 is 9.64 Å². The normalized spacial score (nSPS) is 13.6. The smallest absolute Gasteiger partial charge is 0.282 e. The number of carbonyl (C=O) groups is 2. The Balaban J connectivity index is 1.88. The molecule has 1 aliphatic heterocycles. The predicted molar refractivity (Wildman–Crippen MR) is 132 cm³/mol. The number of ether oxygens (including phenoxy) is 1. The van der Waals surface area contributed by atoms with E-state index < -0.39 is 0 Å². The summed E-state index contributed by atoms with van der Waals surface area (Å²) >= 11 is 0. The van der Waals surface area contributed by atoms with Crippen molar-refractivity contribution in [2.45, 2.75) is 27.7 Å². The molecule has 3 aromatic rings. The topological polar surface area (TPSA) is 49.9 Å². The van der Waals surface area contributed by atoms with E-state index >= 15 is 0 Å². The fraction of sp³-hybridized carbons (Fsp3) is 0.214. The molecular formula is C28H28N2O3. The molecule has 5 nitrogen and oxygen atoms in total. The second kappa shape index (κ2) is 9.33. The quantitative estimate of drug-likeness (QED) is 0.455. The van der Waals surface area contributed by atoms with Crippen LogP contribution in [0, 0.1) is 13.8 Å². The van der Waals surface area contributed by atoms with Gasteiger partial charge in [0.25, 0.3) is 11.8 Å². The first-order chi connectivity index (χ1) is 15.9. The highest BCUT2D eigenvalue weighted by Crippen LogP contribution is 2.37. The summed E-state index contributed by atoms with van der Waals surface area (Å²) in [6.45, 7) is 8.93. The number of carbonyl (C=O) groups excluding carboxylic acids is 2. The molecule has 0 N–H and O–H groups in total. The number of likely N-dealkylation sites (N-methyl/N-ethyl adjacent to an activating group) is 1. The second-order valence-electron chi connectivity index (χ2n) is 8.05. The number of hydrogen-bond acceptors (Lipinski definition) is 4. The second-order valence-corrected chi connectivity index (χ2v) is 8.05. The van der Waals surface area contributed by atoms with E-state index in [1.165, 1.54) is 4.90 Å². The molecule has 0 bridgehead atoms. The minimum absolute atomic E-state index is 0.320. The largest absolute Gasteiger partial charge is 0.494 e. The summed E-state index contributed by atoms with van der Waals surface area (Å²) in [6, 6.07) is 22.8. The molecule has 0 fully saturated rings. The van der Waals surface area contributed by atoms with E-state index in [-0.39, 0.29) is 11.8 Å². The van der Waals surface area contributed by atoms with Crippen LogP contribution >= 0.6 is 0 Å². The Labute approximate surface area is 194 Å². The summed E-state index contributed by atoms with van der Waals surface area (Å²) in [5, 5.41) is 0. The first kappa shape index (κ1) is 22.3. The van der Waals surface area contributed by atoms with Crippen LogP contribution in [0.5, 0.6) is 5.75 Å². The number of anilines is 2. The third-order valence-electron chi connectivity index (χ3n) is 5.63. The summed E-state index contributed by atoms with van der Waals surface area (Å²) in [4.78, 5) is 30.9. The van der Waals surface area contributed by atoms with Gasteiger partial charge >= 0.3 is 0 Å². The summed E-state index contributed by atoms with van der Waals surface area (Å²) < 4.78 is 5.56. The molecule has 5 heteroatoms. The molecular weight excluding hydrogens is 412 g/mol. The van der Waals surface area contributed by atoms with Crippen LogP contribution in [0.15, 0.2) is 78.5 Å². The molecule has 3 aromatic carbocycles. The lowest BCUT2D eigenvalue weighted by Gasteiger charge is -2.25. The fourth-order valence-corrected chi connectivity index (χ4v) is 4.31. The Morgan fingerprint density at radius 1 is 0.818 bits per heavy atom. The molecule has 2 amide bonds. The van der Waals surface area contributed by atoms with Crippen molar-refractivity contribution in [1.29, 1.82) is 0 Å². The van der Waals surface area contributed by atoms with Crippen molar-refractivity contribution in [3.8, 4) is 5.75 Å². The zero-order chi connectivity index (χ0) is 23.5. The van der Waals surface area contributed by atoms with Crippen molar-refractivity contribution >= 4 is 28.8 Å². The Morgan fingerprint density at radius 3 is 2.03 bits per heavy atom. The van der Waals surface area contributed by atoms with Gasteiger partial charge in [0.05, 0.1) is 17.9 Å². The van der Waals surface area contributed by atoms with E-state index in [9.17, 15) is 9.59 Å². The first-order valence-electron chi connectivity index (χ1n) is 11.2. The number of imide groups is 1. The van der Waals surface area contributed by atoms with Crippen molar-refractivity contribution in [3.63, 3.8) is 0 Å². The molecule has 0 radical (unpaired) electrons. The fourth-order valence-electron chi connectivity index (χ4n) is 4.31. The molecule has 0 unspecified atom stereocenters. The van der Waals surface area contributed by atoms with Crippen LogP contribution in [0.2, 0.25) is 0 Å². The monoisotopic (exact) mass is 440 g/mol. The van der Waals surface area contributed by atoms with Gasteiger partial charge in [-0.1, -0.05) is 36.4 Å². The van der Waals surface area contributed by atoms with Gasteiger partial charge in [-0.25, -0.2) is 4.90 Å².